The van der Waals surface area contributed by atoms with Gasteiger partial charge in [-0.15, -0.1) is 0 Å². The Balaban J connectivity index is 1.27. The molecular weight excluding hydrogens is 482 g/mol. The molecule has 1 fully saturated rings. The van der Waals surface area contributed by atoms with Crippen LogP contribution in [0.2, 0.25) is 0 Å². The van der Waals surface area contributed by atoms with Gasteiger partial charge in [-0.25, -0.2) is 19.7 Å². The van der Waals surface area contributed by atoms with Crippen molar-refractivity contribution in [2.75, 3.05) is 38.6 Å². The number of aromatic nitrogens is 4. The number of amides is 1. The number of ether oxygens (including phenoxy) is 2. The van der Waals surface area contributed by atoms with Crippen molar-refractivity contribution in [2.24, 2.45) is 0 Å². The van der Waals surface area contributed by atoms with E-state index in [0.717, 1.165) is 46.6 Å². The summed E-state index contributed by atoms with van der Waals surface area (Å²) in [7, 11) is 1.62. The highest BCUT2D eigenvalue weighted by molar-refractivity contribution is 5.85. The number of pyridine rings is 2. The van der Waals surface area contributed by atoms with Crippen LogP contribution in [0.1, 0.15) is 26.3 Å². The summed E-state index contributed by atoms with van der Waals surface area (Å²) in [6.45, 7) is 9.16. The number of carbonyl (C=O) groups is 1. The second-order valence-electron chi connectivity index (χ2n) is 10.3. The number of H-pyrrole nitrogens is 1. The van der Waals surface area contributed by atoms with Gasteiger partial charge in [0, 0.05) is 56.2 Å². The molecule has 4 heterocycles. The van der Waals surface area contributed by atoms with E-state index in [2.05, 4.69) is 31.2 Å². The van der Waals surface area contributed by atoms with Crippen LogP contribution in [0.3, 0.4) is 0 Å². The lowest BCUT2D eigenvalue weighted by Gasteiger charge is -2.35. The molecule has 38 heavy (non-hydrogen) atoms. The summed E-state index contributed by atoms with van der Waals surface area (Å²) in [6, 6.07) is 13.9. The van der Waals surface area contributed by atoms with Crippen LogP contribution in [-0.2, 0) is 11.3 Å². The lowest BCUT2D eigenvalue weighted by atomic mass is 10.1. The molecule has 4 aromatic rings. The first kappa shape index (κ1) is 25.5. The molecule has 198 valence electrons. The van der Waals surface area contributed by atoms with Crippen LogP contribution in [0.5, 0.6) is 5.88 Å². The molecule has 0 saturated carbocycles. The van der Waals surface area contributed by atoms with E-state index in [1.54, 1.807) is 24.4 Å². The number of fused-ring (bicyclic) bond motifs is 1. The lowest BCUT2D eigenvalue weighted by molar-refractivity contribution is 0.0139. The van der Waals surface area contributed by atoms with Gasteiger partial charge < -0.3 is 24.7 Å². The minimum atomic E-state index is -0.492. The number of hydrogen-bond acceptors (Lipinski definition) is 8. The molecule has 1 aromatic carbocycles. The van der Waals surface area contributed by atoms with Gasteiger partial charge in [0.25, 0.3) is 0 Å². The van der Waals surface area contributed by atoms with Crippen molar-refractivity contribution >= 4 is 28.9 Å². The minimum absolute atomic E-state index is 0.254. The van der Waals surface area contributed by atoms with Crippen LogP contribution in [0.25, 0.3) is 22.2 Å². The molecule has 0 bridgehead atoms. The third kappa shape index (κ3) is 5.86. The average Bonchev–Trinajstić information content (AvgIpc) is 3.31. The van der Waals surface area contributed by atoms with Gasteiger partial charge in [0.05, 0.1) is 18.1 Å². The highest BCUT2D eigenvalue weighted by Crippen LogP contribution is 2.30. The third-order valence-corrected chi connectivity index (χ3v) is 6.30. The molecule has 2 N–H and O–H groups in total. The molecule has 0 atom stereocenters. The van der Waals surface area contributed by atoms with Gasteiger partial charge in [-0.1, -0.05) is 12.1 Å². The van der Waals surface area contributed by atoms with Gasteiger partial charge in [-0.2, -0.15) is 0 Å². The number of rotatable bonds is 6. The Hall–Kier alpha value is -4.18. The summed E-state index contributed by atoms with van der Waals surface area (Å²) >= 11 is 0. The quantitative estimate of drug-likeness (QED) is 0.376. The standard InChI is InChI=1S/C28H33N7O3/c1-28(2,3)38-27(36)35-15-13-34(14-16-35)18-20-7-5-11-29-24(20)33-26-31-22-10-9-19(17-23(22)32-26)21-8-6-12-30-25(21)37-4/h5-12,17H,13-16,18H2,1-4H3,(H2,29,31,32,33). The Morgan fingerprint density at radius 3 is 2.58 bits per heavy atom. The fourth-order valence-corrected chi connectivity index (χ4v) is 4.46. The van der Waals surface area contributed by atoms with Crippen molar-refractivity contribution in [1.82, 2.24) is 29.7 Å². The first-order valence-electron chi connectivity index (χ1n) is 12.7. The van der Waals surface area contributed by atoms with Crippen LogP contribution in [0, 0.1) is 0 Å². The van der Waals surface area contributed by atoms with E-state index >= 15 is 0 Å². The number of nitrogens with zero attached hydrogens (tertiary/aromatic N) is 5. The number of hydrogen-bond donors (Lipinski definition) is 2. The number of imidazole rings is 1. The minimum Gasteiger partial charge on any atom is -0.481 e. The number of aromatic amines is 1. The summed E-state index contributed by atoms with van der Waals surface area (Å²) in [5.74, 6) is 1.94. The van der Waals surface area contributed by atoms with Gasteiger partial charge in [0.1, 0.15) is 11.4 Å². The fourth-order valence-electron chi connectivity index (χ4n) is 4.46. The molecule has 1 saturated heterocycles. The summed E-state index contributed by atoms with van der Waals surface area (Å²) in [4.78, 5) is 33.4. The molecular formula is C28H33N7O3. The lowest BCUT2D eigenvalue weighted by Crippen LogP contribution is -2.49. The summed E-state index contributed by atoms with van der Waals surface area (Å²) < 4.78 is 10.9. The van der Waals surface area contributed by atoms with Crippen LogP contribution < -0.4 is 10.1 Å². The Labute approximate surface area is 222 Å². The zero-order chi connectivity index (χ0) is 26.7. The van der Waals surface area contributed by atoms with E-state index in [1.807, 2.05) is 57.2 Å². The van der Waals surface area contributed by atoms with Gasteiger partial charge in [0.2, 0.25) is 11.8 Å². The van der Waals surface area contributed by atoms with Gasteiger partial charge in [-0.3, -0.25) is 4.90 Å². The van der Waals surface area contributed by atoms with Crippen molar-refractivity contribution in [3.8, 4) is 17.0 Å². The maximum atomic E-state index is 12.4. The van der Waals surface area contributed by atoms with Crippen LogP contribution in [-0.4, -0.2) is 74.7 Å². The SMILES string of the molecule is COc1ncccc1-c1ccc2nc(Nc3ncccc3CN3CCN(C(=O)OC(C)(C)C)CC3)[nH]c2c1. The number of benzene rings is 1. The molecule has 0 radical (unpaired) electrons. The van der Waals surface area contributed by atoms with Crippen molar-refractivity contribution in [1.29, 1.82) is 0 Å². The Kier molecular flexibility index (Phi) is 7.15. The van der Waals surface area contributed by atoms with E-state index in [-0.39, 0.29) is 6.09 Å². The van der Waals surface area contributed by atoms with Crippen molar-refractivity contribution < 1.29 is 14.3 Å². The number of carbonyl (C=O) groups excluding carboxylic acids is 1. The number of anilines is 2. The van der Waals surface area contributed by atoms with E-state index in [9.17, 15) is 4.79 Å². The average molecular weight is 516 g/mol. The van der Waals surface area contributed by atoms with Crippen LogP contribution in [0.15, 0.2) is 54.9 Å². The summed E-state index contributed by atoms with van der Waals surface area (Å²) in [5, 5.41) is 3.36. The topological polar surface area (TPSA) is 109 Å². The van der Waals surface area contributed by atoms with Crippen LogP contribution in [0.4, 0.5) is 16.6 Å². The zero-order valence-corrected chi connectivity index (χ0v) is 22.2. The zero-order valence-electron chi connectivity index (χ0n) is 22.2. The van der Waals surface area contributed by atoms with Crippen LogP contribution >= 0.6 is 0 Å². The van der Waals surface area contributed by atoms with Crippen molar-refractivity contribution in [2.45, 2.75) is 32.9 Å². The molecule has 0 spiro atoms. The molecule has 1 aliphatic rings. The third-order valence-electron chi connectivity index (χ3n) is 6.30. The number of nitrogens with one attached hydrogen (secondary N) is 2. The maximum absolute atomic E-state index is 12.4. The predicted molar refractivity (Wildman–Crippen MR) is 146 cm³/mol. The fraction of sp³-hybridized carbons (Fsp3) is 0.357. The molecule has 1 aliphatic heterocycles. The maximum Gasteiger partial charge on any atom is 0.410 e. The Bertz CT molecular complexity index is 1420. The molecule has 10 heteroatoms. The summed E-state index contributed by atoms with van der Waals surface area (Å²) in [5.41, 5.74) is 4.20. The molecule has 5 rings (SSSR count). The first-order chi connectivity index (χ1) is 18.3. The van der Waals surface area contributed by atoms with E-state index in [4.69, 9.17) is 14.5 Å². The van der Waals surface area contributed by atoms with Crippen molar-refractivity contribution in [3.63, 3.8) is 0 Å². The van der Waals surface area contributed by atoms with E-state index < -0.39 is 5.60 Å². The van der Waals surface area contributed by atoms with Gasteiger partial charge in [0.15, 0.2) is 0 Å². The predicted octanol–water partition coefficient (Wildman–Crippen LogP) is 4.82. The first-order valence-corrected chi connectivity index (χ1v) is 12.7. The second kappa shape index (κ2) is 10.7. The monoisotopic (exact) mass is 515 g/mol. The van der Waals surface area contributed by atoms with E-state index in [1.165, 1.54) is 0 Å². The van der Waals surface area contributed by atoms with E-state index in [0.29, 0.717) is 31.5 Å². The molecule has 1 amide bonds. The molecule has 0 aliphatic carbocycles. The number of piperazine rings is 1. The second-order valence-corrected chi connectivity index (χ2v) is 10.3. The summed E-state index contributed by atoms with van der Waals surface area (Å²) in [6.07, 6.45) is 3.22. The number of methoxy groups -OCH3 is 1. The smallest absolute Gasteiger partial charge is 0.410 e. The van der Waals surface area contributed by atoms with Gasteiger partial charge >= 0.3 is 6.09 Å². The Morgan fingerprint density at radius 2 is 1.82 bits per heavy atom. The molecule has 0 unspecified atom stereocenters. The van der Waals surface area contributed by atoms with Crippen molar-refractivity contribution in [3.05, 3.63) is 60.4 Å². The normalized spacial score (nSPS) is 14.5. The molecule has 3 aromatic heterocycles. The largest absolute Gasteiger partial charge is 0.481 e. The molecule has 10 nitrogen and oxygen atoms in total. The highest BCUT2D eigenvalue weighted by Gasteiger charge is 2.26. The Morgan fingerprint density at radius 1 is 1.05 bits per heavy atom. The highest BCUT2D eigenvalue weighted by atomic mass is 16.6. The van der Waals surface area contributed by atoms with Gasteiger partial charge in [-0.05, 0) is 56.7 Å².